The minimum absolute atomic E-state index is 0.0889. The topological polar surface area (TPSA) is 75.3 Å². The van der Waals surface area contributed by atoms with E-state index < -0.39 is 10.0 Å². The average Bonchev–Trinajstić information content (AvgIpc) is 2.77. The van der Waals surface area contributed by atoms with Gasteiger partial charge in [0.15, 0.2) is 0 Å². The summed E-state index contributed by atoms with van der Waals surface area (Å²) in [4.78, 5) is 13.0. The Bertz CT molecular complexity index is 1230. The second kappa shape index (κ2) is 9.57. The molecule has 1 amide bonds. The van der Waals surface area contributed by atoms with Crippen molar-refractivity contribution in [3.8, 4) is 0 Å². The molecule has 5 nitrogen and oxygen atoms in total. The SMILES string of the molecule is CCc1ccc([C@H](C)NC(=O)c2ccc(C)c(S(=O)(=O)Nc3cccc(C)c3C)c2)cc1. The maximum Gasteiger partial charge on any atom is 0.262 e. The molecule has 0 bridgehead atoms. The van der Waals surface area contributed by atoms with E-state index in [0.29, 0.717) is 16.8 Å². The number of benzene rings is 3. The zero-order chi connectivity index (χ0) is 23.5. The Morgan fingerprint density at radius 1 is 0.938 bits per heavy atom. The number of carbonyl (C=O) groups is 1. The summed E-state index contributed by atoms with van der Waals surface area (Å²) >= 11 is 0. The highest BCUT2D eigenvalue weighted by molar-refractivity contribution is 7.92. The van der Waals surface area contributed by atoms with Gasteiger partial charge >= 0.3 is 0 Å². The molecule has 0 aromatic heterocycles. The number of sulfonamides is 1. The van der Waals surface area contributed by atoms with Crippen molar-refractivity contribution < 1.29 is 13.2 Å². The lowest BCUT2D eigenvalue weighted by atomic mass is 10.0. The van der Waals surface area contributed by atoms with Crippen LogP contribution in [0, 0.1) is 20.8 Å². The van der Waals surface area contributed by atoms with Crippen LogP contribution in [0.3, 0.4) is 0 Å². The largest absolute Gasteiger partial charge is 0.346 e. The molecular weight excluding hydrogens is 420 g/mol. The van der Waals surface area contributed by atoms with E-state index in [9.17, 15) is 13.2 Å². The van der Waals surface area contributed by atoms with Gasteiger partial charge in [-0.25, -0.2) is 8.42 Å². The zero-order valence-electron chi connectivity index (χ0n) is 19.2. The van der Waals surface area contributed by atoms with E-state index in [1.807, 2.05) is 57.2 Å². The molecule has 3 aromatic carbocycles. The first-order chi connectivity index (χ1) is 15.1. The lowest BCUT2D eigenvalue weighted by Gasteiger charge is -2.17. The molecule has 0 saturated carbocycles. The van der Waals surface area contributed by atoms with E-state index in [4.69, 9.17) is 0 Å². The number of anilines is 1. The van der Waals surface area contributed by atoms with E-state index in [1.54, 1.807) is 25.1 Å². The van der Waals surface area contributed by atoms with Gasteiger partial charge in [-0.3, -0.25) is 9.52 Å². The zero-order valence-corrected chi connectivity index (χ0v) is 20.0. The molecule has 3 aromatic rings. The van der Waals surface area contributed by atoms with Crippen LogP contribution in [-0.2, 0) is 16.4 Å². The molecule has 0 unspecified atom stereocenters. The highest BCUT2D eigenvalue weighted by Gasteiger charge is 2.21. The number of aryl methyl sites for hydroxylation is 3. The molecule has 0 radical (unpaired) electrons. The smallest absolute Gasteiger partial charge is 0.262 e. The Kier molecular flexibility index (Phi) is 7.04. The van der Waals surface area contributed by atoms with Crippen LogP contribution in [0.1, 0.15) is 58.1 Å². The van der Waals surface area contributed by atoms with Gasteiger partial charge in [-0.15, -0.1) is 0 Å². The second-order valence-corrected chi connectivity index (χ2v) is 9.77. The van der Waals surface area contributed by atoms with Gasteiger partial charge in [0.05, 0.1) is 16.6 Å². The molecular formula is C26H30N2O3S. The molecule has 0 aliphatic carbocycles. The summed E-state index contributed by atoms with van der Waals surface area (Å²) in [5.41, 5.74) is 5.49. The van der Waals surface area contributed by atoms with Crippen LogP contribution in [0.4, 0.5) is 5.69 Å². The fourth-order valence-corrected chi connectivity index (χ4v) is 4.89. The molecule has 6 heteroatoms. The van der Waals surface area contributed by atoms with Crippen LogP contribution in [0.2, 0.25) is 0 Å². The molecule has 32 heavy (non-hydrogen) atoms. The summed E-state index contributed by atoms with van der Waals surface area (Å²) in [5.74, 6) is -0.319. The van der Waals surface area contributed by atoms with Crippen molar-refractivity contribution in [1.82, 2.24) is 5.32 Å². The Morgan fingerprint density at radius 3 is 2.28 bits per heavy atom. The normalized spacial score (nSPS) is 12.3. The standard InChI is InChI=1S/C26H30N2O3S/c1-6-21-11-14-22(15-12-21)20(5)27-26(29)23-13-10-18(3)25(16-23)32(30,31)28-24-9-7-8-17(2)19(24)4/h7-16,20,28H,6H2,1-5H3,(H,27,29)/t20-/m0/s1. The van der Waals surface area contributed by atoms with Gasteiger partial charge < -0.3 is 5.32 Å². The molecule has 0 saturated heterocycles. The van der Waals surface area contributed by atoms with Gasteiger partial charge in [-0.1, -0.05) is 49.4 Å². The highest BCUT2D eigenvalue weighted by Crippen LogP contribution is 2.25. The van der Waals surface area contributed by atoms with Gasteiger partial charge in [0.1, 0.15) is 0 Å². The number of hydrogen-bond acceptors (Lipinski definition) is 3. The molecule has 168 valence electrons. The second-order valence-electron chi connectivity index (χ2n) is 8.12. The van der Waals surface area contributed by atoms with Crippen LogP contribution in [0.15, 0.2) is 65.6 Å². The Morgan fingerprint density at radius 2 is 1.62 bits per heavy atom. The molecule has 0 heterocycles. The number of nitrogens with one attached hydrogen (secondary N) is 2. The third-order valence-corrected chi connectivity index (χ3v) is 7.33. The summed E-state index contributed by atoms with van der Waals surface area (Å²) in [6.45, 7) is 9.53. The van der Waals surface area contributed by atoms with Crippen molar-refractivity contribution in [2.24, 2.45) is 0 Å². The molecule has 3 rings (SSSR count). The minimum atomic E-state index is -3.86. The molecule has 2 N–H and O–H groups in total. The van der Waals surface area contributed by atoms with E-state index in [-0.39, 0.29) is 16.8 Å². The first-order valence-corrected chi connectivity index (χ1v) is 12.2. The first kappa shape index (κ1) is 23.5. The molecule has 0 fully saturated rings. The summed E-state index contributed by atoms with van der Waals surface area (Å²) in [6, 6.07) is 18.1. The highest BCUT2D eigenvalue weighted by atomic mass is 32.2. The Labute approximate surface area is 190 Å². The number of amides is 1. The van der Waals surface area contributed by atoms with Gasteiger partial charge in [0.25, 0.3) is 15.9 Å². The van der Waals surface area contributed by atoms with Crippen molar-refractivity contribution in [2.45, 2.75) is 52.0 Å². The average molecular weight is 451 g/mol. The first-order valence-electron chi connectivity index (χ1n) is 10.7. The van der Waals surface area contributed by atoms with Gasteiger partial charge in [0.2, 0.25) is 0 Å². The van der Waals surface area contributed by atoms with Crippen LogP contribution in [-0.4, -0.2) is 14.3 Å². The van der Waals surface area contributed by atoms with Crippen molar-refractivity contribution in [2.75, 3.05) is 4.72 Å². The van der Waals surface area contributed by atoms with E-state index in [0.717, 1.165) is 23.1 Å². The van der Waals surface area contributed by atoms with Crippen molar-refractivity contribution in [3.63, 3.8) is 0 Å². The third kappa shape index (κ3) is 5.19. The fraction of sp³-hybridized carbons (Fsp3) is 0.269. The Hall–Kier alpha value is -3.12. The summed E-state index contributed by atoms with van der Waals surface area (Å²) in [5, 5.41) is 2.96. The monoisotopic (exact) mass is 450 g/mol. The quantitative estimate of drug-likeness (QED) is 0.501. The lowest BCUT2D eigenvalue weighted by Crippen LogP contribution is -2.27. The van der Waals surface area contributed by atoms with Gasteiger partial charge in [-0.05, 0) is 80.1 Å². The van der Waals surface area contributed by atoms with E-state index in [1.165, 1.54) is 11.6 Å². The summed E-state index contributed by atoms with van der Waals surface area (Å²) < 4.78 is 28.9. The maximum atomic E-state index is 13.1. The predicted molar refractivity (Wildman–Crippen MR) is 130 cm³/mol. The van der Waals surface area contributed by atoms with E-state index >= 15 is 0 Å². The van der Waals surface area contributed by atoms with Gasteiger partial charge in [-0.2, -0.15) is 0 Å². The van der Waals surface area contributed by atoms with Gasteiger partial charge in [0, 0.05) is 5.56 Å². The fourth-order valence-electron chi connectivity index (χ4n) is 3.50. The molecule has 0 aliphatic heterocycles. The number of hydrogen-bond donors (Lipinski definition) is 2. The number of rotatable bonds is 7. The van der Waals surface area contributed by atoms with Crippen LogP contribution in [0.25, 0.3) is 0 Å². The predicted octanol–water partition coefficient (Wildman–Crippen LogP) is 5.47. The van der Waals surface area contributed by atoms with E-state index in [2.05, 4.69) is 17.0 Å². The van der Waals surface area contributed by atoms with Crippen molar-refractivity contribution in [1.29, 1.82) is 0 Å². The molecule has 0 spiro atoms. The minimum Gasteiger partial charge on any atom is -0.346 e. The maximum absolute atomic E-state index is 13.1. The van der Waals surface area contributed by atoms with Crippen LogP contribution < -0.4 is 10.0 Å². The molecule has 0 aliphatic rings. The summed E-state index contributed by atoms with van der Waals surface area (Å²) in [7, 11) is -3.86. The third-order valence-electron chi connectivity index (χ3n) is 5.82. The lowest BCUT2D eigenvalue weighted by molar-refractivity contribution is 0.0939. The summed E-state index contributed by atoms with van der Waals surface area (Å²) in [6.07, 6.45) is 0.956. The number of carbonyl (C=O) groups excluding carboxylic acids is 1. The van der Waals surface area contributed by atoms with Crippen LogP contribution in [0.5, 0.6) is 0 Å². The van der Waals surface area contributed by atoms with Crippen molar-refractivity contribution in [3.05, 3.63) is 94.0 Å². The Balaban J connectivity index is 1.83. The van der Waals surface area contributed by atoms with Crippen molar-refractivity contribution >= 4 is 21.6 Å². The van der Waals surface area contributed by atoms with Crippen LogP contribution >= 0.6 is 0 Å². The molecule has 1 atom stereocenters.